The second-order valence-corrected chi connectivity index (χ2v) is 3.77. The molecule has 1 aromatic carbocycles. The van der Waals surface area contributed by atoms with Crippen molar-refractivity contribution < 1.29 is 9.13 Å². The van der Waals surface area contributed by atoms with Crippen LogP contribution < -0.4 is 0 Å². The molecule has 0 bridgehead atoms. The highest BCUT2D eigenvalue weighted by atomic mass is 19.1. The zero-order valence-corrected chi connectivity index (χ0v) is 9.03. The van der Waals surface area contributed by atoms with Gasteiger partial charge in [-0.1, -0.05) is 18.1 Å². The van der Waals surface area contributed by atoms with Gasteiger partial charge in [0.25, 0.3) is 0 Å². The van der Waals surface area contributed by atoms with E-state index in [-0.39, 0.29) is 11.9 Å². The summed E-state index contributed by atoms with van der Waals surface area (Å²) in [5, 5.41) is 0. The number of benzene rings is 1. The summed E-state index contributed by atoms with van der Waals surface area (Å²) < 4.78 is 18.1. The van der Waals surface area contributed by atoms with Crippen LogP contribution in [0, 0.1) is 18.2 Å². The van der Waals surface area contributed by atoms with Gasteiger partial charge in [0.15, 0.2) is 0 Å². The number of halogens is 1. The van der Waals surface area contributed by atoms with Gasteiger partial charge in [-0.05, 0) is 17.7 Å². The van der Waals surface area contributed by atoms with Crippen molar-refractivity contribution in [2.45, 2.75) is 6.04 Å². The molecule has 1 atom stereocenters. The van der Waals surface area contributed by atoms with E-state index in [1.165, 1.54) is 12.1 Å². The highest BCUT2D eigenvalue weighted by molar-refractivity contribution is 5.26. The summed E-state index contributed by atoms with van der Waals surface area (Å²) in [6.07, 6.45) is 5.55. The van der Waals surface area contributed by atoms with Crippen LogP contribution in [0.2, 0.25) is 0 Å². The predicted molar refractivity (Wildman–Crippen MR) is 60.4 cm³/mol. The van der Waals surface area contributed by atoms with E-state index < -0.39 is 0 Å². The summed E-state index contributed by atoms with van der Waals surface area (Å²) in [6, 6.07) is 6.30. The second-order valence-electron chi connectivity index (χ2n) is 3.77. The maximum absolute atomic E-state index is 12.8. The Morgan fingerprint density at radius 2 is 1.88 bits per heavy atom. The molecule has 1 saturated heterocycles. The molecule has 0 radical (unpaired) electrons. The van der Waals surface area contributed by atoms with Gasteiger partial charge < -0.3 is 4.74 Å². The molecule has 1 aliphatic heterocycles. The number of hydrogen-bond acceptors (Lipinski definition) is 2. The zero-order valence-electron chi connectivity index (χ0n) is 9.03. The Balaban J connectivity index is 2.15. The number of terminal acetylenes is 1. The summed E-state index contributed by atoms with van der Waals surface area (Å²) in [7, 11) is 0. The van der Waals surface area contributed by atoms with Gasteiger partial charge in [-0.15, -0.1) is 6.42 Å². The highest BCUT2D eigenvalue weighted by Gasteiger charge is 2.20. The molecular formula is C13H14FNO. The lowest BCUT2D eigenvalue weighted by molar-refractivity contribution is 0.0270. The lowest BCUT2D eigenvalue weighted by atomic mass is 10.1. The first-order valence-corrected chi connectivity index (χ1v) is 5.34. The van der Waals surface area contributed by atoms with Crippen molar-refractivity contribution >= 4 is 0 Å². The van der Waals surface area contributed by atoms with Crippen LogP contribution in [0.1, 0.15) is 11.6 Å². The van der Waals surface area contributed by atoms with Crippen molar-refractivity contribution in [3.63, 3.8) is 0 Å². The molecule has 84 valence electrons. The molecule has 3 heteroatoms. The van der Waals surface area contributed by atoms with E-state index in [4.69, 9.17) is 11.2 Å². The quantitative estimate of drug-likeness (QED) is 0.704. The summed E-state index contributed by atoms with van der Waals surface area (Å²) in [6.45, 7) is 3.07. The van der Waals surface area contributed by atoms with Gasteiger partial charge in [0.2, 0.25) is 0 Å². The SMILES string of the molecule is C#CC(c1ccc(F)cc1)N1CCOCC1. The minimum absolute atomic E-state index is 0.0792. The molecule has 1 unspecified atom stereocenters. The highest BCUT2D eigenvalue weighted by Crippen LogP contribution is 2.21. The Bertz CT molecular complexity index is 376. The lowest BCUT2D eigenvalue weighted by Crippen LogP contribution is -2.38. The van der Waals surface area contributed by atoms with Crippen molar-refractivity contribution in [2.24, 2.45) is 0 Å². The third kappa shape index (κ3) is 2.41. The van der Waals surface area contributed by atoms with Crippen molar-refractivity contribution in [1.29, 1.82) is 0 Å². The zero-order chi connectivity index (χ0) is 11.4. The first kappa shape index (κ1) is 11.1. The summed E-state index contributed by atoms with van der Waals surface area (Å²) in [4.78, 5) is 2.18. The first-order valence-electron chi connectivity index (χ1n) is 5.34. The van der Waals surface area contributed by atoms with Crippen LogP contribution in [-0.4, -0.2) is 31.2 Å². The molecule has 0 spiro atoms. The summed E-state index contributed by atoms with van der Waals surface area (Å²) >= 11 is 0. The van der Waals surface area contributed by atoms with Crippen LogP contribution in [0.3, 0.4) is 0 Å². The van der Waals surface area contributed by atoms with Crippen molar-refractivity contribution in [2.75, 3.05) is 26.3 Å². The van der Waals surface area contributed by atoms with Gasteiger partial charge in [0, 0.05) is 13.1 Å². The third-order valence-corrected chi connectivity index (χ3v) is 2.75. The molecule has 0 aromatic heterocycles. The van der Waals surface area contributed by atoms with E-state index in [9.17, 15) is 4.39 Å². The molecule has 16 heavy (non-hydrogen) atoms. The Hall–Kier alpha value is -1.37. The Morgan fingerprint density at radius 1 is 1.25 bits per heavy atom. The maximum Gasteiger partial charge on any atom is 0.123 e. The Kier molecular flexibility index (Phi) is 3.55. The summed E-state index contributed by atoms with van der Waals surface area (Å²) in [5.74, 6) is 2.52. The normalized spacial score (nSPS) is 19.0. The Morgan fingerprint density at radius 3 is 2.44 bits per heavy atom. The van der Waals surface area contributed by atoms with Gasteiger partial charge in [0.1, 0.15) is 5.82 Å². The minimum Gasteiger partial charge on any atom is -0.379 e. The largest absolute Gasteiger partial charge is 0.379 e. The molecule has 1 heterocycles. The van der Waals surface area contributed by atoms with Gasteiger partial charge in [-0.3, -0.25) is 4.90 Å². The van der Waals surface area contributed by atoms with Crippen molar-refractivity contribution in [1.82, 2.24) is 4.90 Å². The molecule has 0 saturated carbocycles. The Labute approximate surface area is 95.0 Å². The van der Waals surface area contributed by atoms with E-state index in [0.717, 1.165) is 18.7 Å². The standard InChI is InChI=1S/C13H14FNO/c1-2-13(15-7-9-16-10-8-15)11-3-5-12(14)6-4-11/h1,3-6,13H,7-10H2. The monoisotopic (exact) mass is 219 g/mol. The van der Waals surface area contributed by atoms with Gasteiger partial charge in [-0.2, -0.15) is 0 Å². The molecule has 0 N–H and O–H groups in total. The second kappa shape index (κ2) is 5.11. The fourth-order valence-electron chi connectivity index (χ4n) is 1.89. The molecule has 1 fully saturated rings. The first-order chi connectivity index (χ1) is 7.81. The fourth-order valence-corrected chi connectivity index (χ4v) is 1.89. The van der Waals surface area contributed by atoms with Crippen LogP contribution in [0.25, 0.3) is 0 Å². The molecule has 0 amide bonds. The van der Waals surface area contributed by atoms with Crippen LogP contribution >= 0.6 is 0 Å². The lowest BCUT2D eigenvalue weighted by Gasteiger charge is -2.31. The van der Waals surface area contributed by atoms with Crippen LogP contribution in [0.5, 0.6) is 0 Å². The van der Waals surface area contributed by atoms with Gasteiger partial charge in [0.05, 0.1) is 19.3 Å². The third-order valence-electron chi connectivity index (χ3n) is 2.75. The van der Waals surface area contributed by atoms with Crippen LogP contribution in [0.4, 0.5) is 4.39 Å². The van der Waals surface area contributed by atoms with Crippen molar-refractivity contribution in [3.05, 3.63) is 35.6 Å². The molecule has 1 aromatic rings. The molecule has 0 aliphatic carbocycles. The van der Waals surface area contributed by atoms with Crippen molar-refractivity contribution in [3.8, 4) is 12.3 Å². The average molecular weight is 219 g/mol. The number of hydrogen-bond donors (Lipinski definition) is 0. The predicted octanol–water partition coefficient (Wildman–Crippen LogP) is 1.83. The molecular weight excluding hydrogens is 205 g/mol. The van der Waals surface area contributed by atoms with Gasteiger partial charge in [-0.25, -0.2) is 4.39 Å². The van der Waals surface area contributed by atoms with Crippen LogP contribution in [-0.2, 0) is 4.74 Å². The van der Waals surface area contributed by atoms with E-state index in [1.807, 2.05) is 0 Å². The number of rotatable bonds is 2. The molecule has 2 rings (SSSR count). The average Bonchev–Trinajstić information content (AvgIpc) is 2.34. The fraction of sp³-hybridized carbons (Fsp3) is 0.385. The van der Waals surface area contributed by atoms with E-state index >= 15 is 0 Å². The molecule has 1 aliphatic rings. The number of morpholine rings is 1. The van der Waals surface area contributed by atoms with E-state index in [1.54, 1.807) is 12.1 Å². The van der Waals surface area contributed by atoms with Crippen LogP contribution in [0.15, 0.2) is 24.3 Å². The van der Waals surface area contributed by atoms with E-state index in [2.05, 4.69) is 10.8 Å². The molecule has 2 nitrogen and oxygen atoms in total. The number of nitrogens with zero attached hydrogens (tertiary/aromatic N) is 1. The minimum atomic E-state index is -0.235. The summed E-state index contributed by atoms with van der Waals surface area (Å²) in [5.41, 5.74) is 0.964. The topological polar surface area (TPSA) is 12.5 Å². The number of ether oxygens (including phenoxy) is 1. The maximum atomic E-state index is 12.8. The van der Waals surface area contributed by atoms with Gasteiger partial charge >= 0.3 is 0 Å². The van der Waals surface area contributed by atoms with E-state index in [0.29, 0.717) is 13.2 Å². The smallest absolute Gasteiger partial charge is 0.123 e.